The lowest BCUT2D eigenvalue weighted by Gasteiger charge is -2.22. The van der Waals surface area contributed by atoms with Crippen LogP contribution < -0.4 is 10.6 Å². The Balaban J connectivity index is 1.78. The highest BCUT2D eigenvalue weighted by atomic mass is 19.1. The zero-order valence-corrected chi connectivity index (χ0v) is 11.7. The summed E-state index contributed by atoms with van der Waals surface area (Å²) in [6.07, 6.45) is 2.34. The van der Waals surface area contributed by atoms with Gasteiger partial charge in [0.2, 0.25) is 5.91 Å². The molecule has 0 bridgehead atoms. The third-order valence-corrected chi connectivity index (χ3v) is 3.35. The van der Waals surface area contributed by atoms with E-state index < -0.39 is 5.82 Å². The van der Waals surface area contributed by atoms with E-state index in [9.17, 15) is 9.18 Å². The molecule has 1 aromatic carbocycles. The van der Waals surface area contributed by atoms with Crippen LogP contribution in [0.4, 0.5) is 10.1 Å². The van der Waals surface area contributed by atoms with E-state index in [1.807, 2.05) is 6.07 Å². The molecule has 21 heavy (non-hydrogen) atoms. The molecule has 5 nitrogen and oxygen atoms in total. The van der Waals surface area contributed by atoms with Crippen molar-refractivity contribution in [3.8, 4) is 6.07 Å². The Kier molecular flexibility index (Phi) is 5.67. The van der Waals surface area contributed by atoms with Gasteiger partial charge in [0.15, 0.2) is 0 Å². The van der Waals surface area contributed by atoms with Crippen LogP contribution in [-0.4, -0.2) is 31.7 Å². The number of nitrogens with one attached hydrogen (secondary N) is 2. The predicted molar refractivity (Wildman–Crippen MR) is 76.2 cm³/mol. The number of carbonyl (C=O) groups excluding carboxylic acids is 1. The standard InChI is InChI=1S/C15H18FN3O2/c16-12-1-2-14(11(9-12)10-17)19-15(20)5-8-21-13-3-6-18-7-4-13/h1-2,9,13,18H,3-8H2,(H,19,20). The Morgan fingerprint density at radius 1 is 1.48 bits per heavy atom. The van der Waals surface area contributed by atoms with Crippen LogP contribution in [0.15, 0.2) is 18.2 Å². The largest absolute Gasteiger partial charge is 0.378 e. The Bertz CT molecular complexity index is 536. The summed E-state index contributed by atoms with van der Waals surface area (Å²) in [4.78, 5) is 11.8. The molecule has 0 saturated carbocycles. The smallest absolute Gasteiger partial charge is 0.226 e. The molecule has 6 heteroatoms. The first kappa shape index (κ1) is 15.4. The number of benzene rings is 1. The number of anilines is 1. The number of amides is 1. The summed E-state index contributed by atoms with van der Waals surface area (Å²) < 4.78 is 18.6. The molecule has 0 radical (unpaired) electrons. The predicted octanol–water partition coefficient (Wildman–Crippen LogP) is 1.79. The summed E-state index contributed by atoms with van der Waals surface area (Å²) in [7, 11) is 0. The van der Waals surface area contributed by atoms with E-state index in [0.717, 1.165) is 32.0 Å². The molecule has 1 fully saturated rings. The van der Waals surface area contributed by atoms with E-state index >= 15 is 0 Å². The topological polar surface area (TPSA) is 74.2 Å². The van der Waals surface area contributed by atoms with Crippen molar-refractivity contribution in [2.45, 2.75) is 25.4 Å². The van der Waals surface area contributed by atoms with Gasteiger partial charge >= 0.3 is 0 Å². The zero-order valence-electron chi connectivity index (χ0n) is 11.7. The van der Waals surface area contributed by atoms with Crippen LogP contribution in [0.3, 0.4) is 0 Å². The summed E-state index contributed by atoms with van der Waals surface area (Å²) in [5.74, 6) is -0.745. The molecule has 2 rings (SSSR count). The second-order valence-corrected chi connectivity index (χ2v) is 4.92. The molecule has 112 valence electrons. The number of nitrogens with zero attached hydrogens (tertiary/aromatic N) is 1. The van der Waals surface area contributed by atoms with Crippen LogP contribution in [0.2, 0.25) is 0 Å². The van der Waals surface area contributed by atoms with Gasteiger partial charge in [-0.05, 0) is 44.1 Å². The number of nitriles is 1. The van der Waals surface area contributed by atoms with E-state index in [4.69, 9.17) is 10.00 Å². The van der Waals surface area contributed by atoms with Crippen molar-refractivity contribution < 1.29 is 13.9 Å². The number of piperidine rings is 1. The van der Waals surface area contributed by atoms with Gasteiger partial charge in [-0.25, -0.2) is 4.39 Å². The van der Waals surface area contributed by atoms with Crippen LogP contribution in [-0.2, 0) is 9.53 Å². The van der Waals surface area contributed by atoms with Crippen molar-refractivity contribution in [1.82, 2.24) is 5.32 Å². The maximum absolute atomic E-state index is 13.0. The molecular weight excluding hydrogens is 273 g/mol. The second kappa shape index (κ2) is 7.72. The van der Waals surface area contributed by atoms with Gasteiger partial charge in [-0.15, -0.1) is 0 Å². The molecule has 1 aromatic rings. The van der Waals surface area contributed by atoms with Crippen molar-refractivity contribution in [2.24, 2.45) is 0 Å². The van der Waals surface area contributed by atoms with Gasteiger partial charge in [-0.1, -0.05) is 0 Å². The summed E-state index contributed by atoms with van der Waals surface area (Å²) in [5, 5.41) is 14.8. The van der Waals surface area contributed by atoms with Gasteiger partial charge in [-0.2, -0.15) is 5.26 Å². The molecule has 1 aliphatic rings. The van der Waals surface area contributed by atoms with Crippen molar-refractivity contribution in [3.05, 3.63) is 29.6 Å². The van der Waals surface area contributed by atoms with Crippen molar-refractivity contribution in [1.29, 1.82) is 5.26 Å². The fraction of sp³-hybridized carbons (Fsp3) is 0.467. The number of hydrogen-bond acceptors (Lipinski definition) is 4. The summed E-state index contributed by atoms with van der Waals surface area (Å²) in [6, 6.07) is 5.55. The molecule has 1 saturated heterocycles. The van der Waals surface area contributed by atoms with Crippen molar-refractivity contribution in [3.63, 3.8) is 0 Å². The highest BCUT2D eigenvalue weighted by molar-refractivity contribution is 5.92. The summed E-state index contributed by atoms with van der Waals surface area (Å²) in [6.45, 7) is 2.23. The quantitative estimate of drug-likeness (QED) is 0.867. The molecule has 1 heterocycles. The van der Waals surface area contributed by atoms with Crippen LogP contribution >= 0.6 is 0 Å². The van der Waals surface area contributed by atoms with Crippen molar-refractivity contribution in [2.75, 3.05) is 25.0 Å². The molecule has 1 aliphatic heterocycles. The fourth-order valence-corrected chi connectivity index (χ4v) is 2.21. The fourth-order valence-electron chi connectivity index (χ4n) is 2.21. The first-order valence-corrected chi connectivity index (χ1v) is 7.01. The highest BCUT2D eigenvalue weighted by Gasteiger charge is 2.14. The lowest BCUT2D eigenvalue weighted by atomic mass is 10.1. The van der Waals surface area contributed by atoms with Crippen LogP contribution in [0.25, 0.3) is 0 Å². The lowest BCUT2D eigenvalue weighted by molar-refractivity contribution is -0.117. The van der Waals surface area contributed by atoms with Gasteiger partial charge in [0.25, 0.3) is 0 Å². The van der Waals surface area contributed by atoms with E-state index in [-0.39, 0.29) is 24.0 Å². The van der Waals surface area contributed by atoms with Crippen molar-refractivity contribution >= 4 is 11.6 Å². The van der Waals surface area contributed by atoms with Gasteiger partial charge in [0, 0.05) is 0 Å². The molecule has 0 atom stereocenters. The van der Waals surface area contributed by atoms with E-state index in [1.54, 1.807) is 0 Å². The van der Waals surface area contributed by atoms with Crippen LogP contribution in [0.5, 0.6) is 0 Å². The van der Waals surface area contributed by atoms with E-state index in [0.29, 0.717) is 12.3 Å². The molecular formula is C15H18FN3O2. The summed E-state index contributed by atoms with van der Waals surface area (Å²) in [5.41, 5.74) is 0.438. The van der Waals surface area contributed by atoms with E-state index in [2.05, 4.69) is 10.6 Å². The average molecular weight is 291 g/mol. The Labute approximate surface area is 123 Å². The molecule has 0 spiro atoms. The van der Waals surface area contributed by atoms with Gasteiger partial charge in [-0.3, -0.25) is 4.79 Å². The van der Waals surface area contributed by atoms with Gasteiger partial charge in [0.1, 0.15) is 11.9 Å². The Morgan fingerprint density at radius 3 is 2.95 bits per heavy atom. The number of rotatable bonds is 5. The normalized spacial score (nSPS) is 15.4. The van der Waals surface area contributed by atoms with Gasteiger partial charge < -0.3 is 15.4 Å². The molecule has 0 aromatic heterocycles. The van der Waals surface area contributed by atoms with E-state index in [1.165, 1.54) is 12.1 Å². The Morgan fingerprint density at radius 2 is 2.24 bits per heavy atom. The number of ether oxygens (including phenoxy) is 1. The number of hydrogen-bond donors (Lipinski definition) is 2. The highest BCUT2D eigenvalue weighted by Crippen LogP contribution is 2.16. The molecule has 2 N–H and O–H groups in total. The minimum atomic E-state index is -0.501. The Hall–Kier alpha value is -1.97. The lowest BCUT2D eigenvalue weighted by Crippen LogP contribution is -2.33. The first-order valence-electron chi connectivity index (χ1n) is 7.01. The third-order valence-electron chi connectivity index (χ3n) is 3.35. The zero-order chi connectivity index (χ0) is 15.1. The minimum absolute atomic E-state index is 0.114. The average Bonchev–Trinajstić information content (AvgIpc) is 2.50. The number of carbonyl (C=O) groups is 1. The number of halogens is 1. The molecule has 0 unspecified atom stereocenters. The summed E-state index contributed by atoms with van der Waals surface area (Å²) >= 11 is 0. The SMILES string of the molecule is N#Cc1cc(F)ccc1NC(=O)CCOC1CCNCC1. The maximum atomic E-state index is 13.0. The first-order chi connectivity index (χ1) is 10.2. The molecule has 0 aliphatic carbocycles. The second-order valence-electron chi connectivity index (χ2n) is 4.92. The minimum Gasteiger partial charge on any atom is -0.378 e. The van der Waals surface area contributed by atoms with Crippen LogP contribution in [0, 0.1) is 17.1 Å². The molecule has 1 amide bonds. The third kappa shape index (κ3) is 4.81. The maximum Gasteiger partial charge on any atom is 0.226 e. The van der Waals surface area contributed by atoms with Crippen LogP contribution in [0.1, 0.15) is 24.8 Å². The van der Waals surface area contributed by atoms with Gasteiger partial charge in [0.05, 0.1) is 30.4 Å². The monoisotopic (exact) mass is 291 g/mol.